The minimum Gasteiger partial charge on any atom is -0.350 e. The van der Waals surface area contributed by atoms with Gasteiger partial charge in [-0.25, -0.2) is 0 Å². The third-order valence-corrected chi connectivity index (χ3v) is 3.24. The molecule has 0 radical (unpaired) electrons. The van der Waals surface area contributed by atoms with Gasteiger partial charge in [0, 0.05) is 18.8 Å². The molecule has 112 valence electrons. The van der Waals surface area contributed by atoms with Crippen LogP contribution in [0.3, 0.4) is 0 Å². The predicted octanol–water partition coefficient (Wildman–Crippen LogP) is 2.07. The summed E-state index contributed by atoms with van der Waals surface area (Å²) in [5.41, 5.74) is 7.47. The molecule has 2 aromatic rings. The lowest BCUT2D eigenvalue weighted by Gasteiger charge is -2.18. The number of carbonyl (C=O) groups excluding carboxylic acids is 1. The minimum absolute atomic E-state index is 0.140. The molecule has 0 saturated carbocycles. The van der Waals surface area contributed by atoms with Gasteiger partial charge in [0.1, 0.15) is 0 Å². The van der Waals surface area contributed by atoms with Crippen LogP contribution in [0.4, 0.5) is 0 Å². The number of carbonyl (C=O) groups is 1. The molecule has 1 unspecified atom stereocenters. The van der Waals surface area contributed by atoms with Crippen LogP contribution in [-0.2, 0) is 5.54 Å². The minimum atomic E-state index is -0.215. The van der Waals surface area contributed by atoms with Gasteiger partial charge in [-0.2, -0.15) is 5.10 Å². The van der Waals surface area contributed by atoms with Crippen LogP contribution < -0.4 is 11.1 Å². The number of rotatable bonds is 4. The smallest absolute Gasteiger partial charge is 0.254 e. The second-order valence-corrected chi connectivity index (χ2v) is 6.07. The fraction of sp³-hybridized carbons (Fsp3) is 0.375. The van der Waals surface area contributed by atoms with Crippen LogP contribution in [0.5, 0.6) is 0 Å². The molecule has 5 nitrogen and oxygen atoms in total. The summed E-state index contributed by atoms with van der Waals surface area (Å²) in [6, 6.07) is 9.50. The SMILES string of the molecule is CC(C)(C)n1cc(C(=O)NCC(N)c2ccccc2)cn1. The van der Waals surface area contributed by atoms with Gasteiger partial charge in [0.15, 0.2) is 0 Å². The number of hydrogen-bond acceptors (Lipinski definition) is 3. The fourth-order valence-corrected chi connectivity index (χ4v) is 1.93. The molecule has 0 aliphatic rings. The van der Waals surface area contributed by atoms with Gasteiger partial charge in [0.25, 0.3) is 5.91 Å². The Morgan fingerprint density at radius 3 is 2.57 bits per heavy atom. The van der Waals surface area contributed by atoms with E-state index in [1.807, 2.05) is 51.1 Å². The second-order valence-electron chi connectivity index (χ2n) is 6.07. The molecule has 1 aromatic carbocycles. The van der Waals surface area contributed by atoms with E-state index in [0.29, 0.717) is 12.1 Å². The van der Waals surface area contributed by atoms with E-state index in [1.54, 1.807) is 17.1 Å². The average Bonchev–Trinajstić information content (AvgIpc) is 2.95. The Bertz CT molecular complexity index is 598. The summed E-state index contributed by atoms with van der Waals surface area (Å²) < 4.78 is 1.78. The molecule has 0 saturated heterocycles. The first-order valence-electron chi connectivity index (χ1n) is 7.02. The van der Waals surface area contributed by atoms with Crippen molar-refractivity contribution >= 4 is 5.91 Å². The molecule has 0 spiro atoms. The Labute approximate surface area is 125 Å². The molecule has 3 N–H and O–H groups in total. The van der Waals surface area contributed by atoms with E-state index in [2.05, 4.69) is 10.4 Å². The number of hydrogen-bond donors (Lipinski definition) is 2. The van der Waals surface area contributed by atoms with Crippen LogP contribution in [0.1, 0.15) is 42.7 Å². The zero-order valence-electron chi connectivity index (χ0n) is 12.7. The molecule has 21 heavy (non-hydrogen) atoms. The summed E-state index contributed by atoms with van der Waals surface area (Å²) in [6.45, 7) is 6.50. The largest absolute Gasteiger partial charge is 0.350 e. The molecule has 1 aromatic heterocycles. The van der Waals surface area contributed by atoms with E-state index < -0.39 is 0 Å². The van der Waals surface area contributed by atoms with Gasteiger partial charge < -0.3 is 11.1 Å². The lowest BCUT2D eigenvalue weighted by Crippen LogP contribution is -2.31. The van der Waals surface area contributed by atoms with Crippen molar-refractivity contribution in [2.45, 2.75) is 32.4 Å². The Kier molecular flexibility index (Phi) is 4.43. The summed E-state index contributed by atoms with van der Waals surface area (Å²) in [7, 11) is 0. The van der Waals surface area contributed by atoms with Crippen molar-refractivity contribution in [3.63, 3.8) is 0 Å². The molecule has 1 amide bonds. The Morgan fingerprint density at radius 1 is 1.33 bits per heavy atom. The maximum atomic E-state index is 12.1. The topological polar surface area (TPSA) is 72.9 Å². The van der Waals surface area contributed by atoms with E-state index in [4.69, 9.17) is 5.73 Å². The van der Waals surface area contributed by atoms with Crippen molar-refractivity contribution in [3.05, 3.63) is 53.9 Å². The summed E-state index contributed by atoms with van der Waals surface area (Å²) in [4.78, 5) is 12.1. The highest BCUT2D eigenvalue weighted by atomic mass is 16.1. The number of benzene rings is 1. The van der Waals surface area contributed by atoms with E-state index in [1.165, 1.54) is 0 Å². The molecule has 2 rings (SSSR count). The van der Waals surface area contributed by atoms with Crippen molar-refractivity contribution in [2.75, 3.05) is 6.54 Å². The molecular weight excluding hydrogens is 264 g/mol. The highest BCUT2D eigenvalue weighted by Crippen LogP contribution is 2.13. The van der Waals surface area contributed by atoms with Crippen molar-refractivity contribution in [3.8, 4) is 0 Å². The van der Waals surface area contributed by atoms with Gasteiger partial charge in [-0.3, -0.25) is 9.48 Å². The first-order chi connectivity index (χ1) is 9.88. The Hall–Kier alpha value is -2.14. The highest BCUT2D eigenvalue weighted by molar-refractivity contribution is 5.93. The molecule has 0 aliphatic carbocycles. The Balaban J connectivity index is 1.95. The third-order valence-electron chi connectivity index (χ3n) is 3.24. The molecule has 0 bridgehead atoms. The van der Waals surface area contributed by atoms with E-state index in [0.717, 1.165) is 5.56 Å². The van der Waals surface area contributed by atoms with Crippen LogP contribution in [-0.4, -0.2) is 22.2 Å². The molecule has 1 heterocycles. The first-order valence-corrected chi connectivity index (χ1v) is 7.02. The highest BCUT2D eigenvalue weighted by Gasteiger charge is 2.17. The van der Waals surface area contributed by atoms with Crippen LogP contribution in [0.25, 0.3) is 0 Å². The number of nitrogens with one attached hydrogen (secondary N) is 1. The van der Waals surface area contributed by atoms with Crippen molar-refractivity contribution in [1.29, 1.82) is 0 Å². The van der Waals surface area contributed by atoms with E-state index in [9.17, 15) is 4.79 Å². The Morgan fingerprint density at radius 2 is 2.00 bits per heavy atom. The van der Waals surface area contributed by atoms with E-state index >= 15 is 0 Å². The monoisotopic (exact) mass is 286 g/mol. The molecule has 1 atom stereocenters. The molecule has 0 fully saturated rings. The van der Waals surface area contributed by atoms with Crippen molar-refractivity contribution < 1.29 is 4.79 Å². The summed E-state index contributed by atoms with van der Waals surface area (Å²) in [5, 5.41) is 7.06. The molecule has 0 aliphatic heterocycles. The molecular formula is C16H22N4O. The van der Waals surface area contributed by atoms with Crippen LogP contribution >= 0.6 is 0 Å². The van der Waals surface area contributed by atoms with Gasteiger partial charge in [0.05, 0.1) is 17.3 Å². The average molecular weight is 286 g/mol. The van der Waals surface area contributed by atoms with Crippen molar-refractivity contribution in [1.82, 2.24) is 15.1 Å². The number of nitrogens with zero attached hydrogens (tertiary/aromatic N) is 2. The summed E-state index contributed by atoms with van der Waals surface area (Å²) >= 11 is 0. The number of nitrogens with two attached hydrogens (primary N) is 1. The van der Waals surface area contributed by atoms with E-state index in [-0.39, 0.29) is 17.5 Å². The zero-order valence-corrected chi connectivity index (χ0v) is 12.7. The van der Waals surface area contributed by atoms with Crippen LogP contribution in [0.15, 0.2) is 42.7 Å². The standard InChI is InChI=1S/C16H22N4O/c1-16(2,3)20-11-13(9-19-20)15(21)18-10-14(17)12-7-5-4-6-8-12/h4-9,11,14H,10,17H2,1-3H3,(H,18,21). The quantitative estimate of drug-likeness (QED) is 0.903. The normalized spacial score (nSPS) is 13.0. The van der Waals surface area contributed by atoms with Crippen LogP contribution in [0, 0.1) is 0 Å². The number of aromatic nitrogens is 2. The predicted molar refractivity (Wildman–Crippen MR) is 82.9 cm³/mol. The summed E-state index contributed by atoms with van der Waals surface area (Å²) in [6.07, 6.45) is 3.33. The lowest BCUT2D eigenvalue weighted by atomic mass is 10.1. The molecule has 5 heteroatoms. The van der Waals surface area contributed by atoms with Gasteiger partial charge in [0.2, 0.25) is 0 Å². The van der Waals surface area contributed by atoms with Gasteiger partial charge in [-0.1, -0.05) is 30.3 Å². The van der Waals surface area contributed by atoms with Gasteiger partial charge >= 0.3 is 0 Å². The van der Waals surface area contributed by atoms with Gasteiger partial charge in [-0.05, 0) is 26.3 Å². The maximum absolute atomic E-state index is 12.1. The third kappa shape index (κ3) is 3.92. The number of amides is 1. The zero-order chi connectivity index (χ0) is 15.5. The fourth-order valence-electron chi connectivity index (χ4n) is 1.93. The van der Waals surface area contributed by atoms with Gasteiger partial charge in [-0.15, -0.1) is 0 Å². The first kappa shape index (κ1) is 15.3. The summed E-state index contributed by atoms with van der Waals surface area (Å²) in [5.74, 6) is -0.156. The second kappa shape index (κ2) is 6.10. The maximum Gasteiger partial charge on any atom is 0.254 e. The van der Waals surface area contributed by atoms with Crippen molar-refractivity contribution in [2.24, 2.45) is 5.73 Å². The van der Waals surface area contributed by atoms with Crippen LogP contribution in [0.2, 0.25) is 0 Å². The lowest BCUT2D eigenvalue weighted by molar-refractivity contribution is 0.0951.